The highest BCUT2D eigenvalue weighted by Gasteiger charge is 2.56. The van der Waals surface area contributed by atoms with E-state index in [1.54, 1.807) is 0 Å². The average Bonchev–Trinajstić information content (AvgIpc) is 2.78. The molecular formula is C10H21N2O2-. The van der Waals surface area contributed by atoms with E-state index in [0.29, 0.717) is 11.8 Å². The van der Waals surface area contributed by atoms with Crippen LogP contribution in [0.25, 0.3) is 0 Å². The van der Waals surface area contributed by atoms with E-state index < -0.39 is 5.66 Å². The molecule has 1 aliphatic rings. The van der Waals surface area contributed by atoms with E-state index in [-0.39, 0.29) is 6.10 Å². The van der Waals surface area contributed by atoms with Crippen LogP contribution in [-0.4, -0.2) is 24.0 Å². The molecule has 1 saturated carbocycles. The lowest BCUT2D eigenvalue weighted by molar-refractivity contribution is -0.196. The molecule has 0 radical (unpaired) electrons. The predicted molar refractivity (Wildman–Crippen MR) is 56.2 cm³/mol. The molecule has 1 rings (SSSR count). The standard InChI is InChI=1S/C10H21N2O2/c1-7(2)9-6-10(9,11-5)12(13)14-8(3)4/h7-9,11H,6H2,1-5H3/q-1. The van der Waals surface area contributed by atoms with Crippen LogP contribution < -0.4 is 5.32 Å². The predicted octanol–water partition coefficient (Wildman–Crippen LogP) is 1.72. The van der Waals surface area contributed by atoms with Gasteiger partial charge in [-0.2, -0.15) is 0 Å². The number of rotatable bonds is 5. The largest absolute Gasteiger partial charge is 0.761 e. The van der Waals surface area contributed by atoms with E-state index in [9.17, 15) is 5.21 Å². The van der Waals surface area contributed by atoms with Gasteiger partial charge in [-0.3, -0.25) is 0 Å². The van der Waals surface area contributed by atoms with E-state index >= 15 is 0 Å². The second-order valence-electron chi connectivity index (χ2n) is 4.64. The molecule has 0 aromatic heterocycles. The van der Waals surface area contributed by atoms with E-state index in [2.05, 4.69) is 19.2 Å². The molecule has 0 aliphatic heterocycles. The summed E-state index contributed by atoms with van der Waals surface area (Å²) in [6.45, 7) is 7.99. The molecular weight excluding hydrogens is 180 g/mol. The quantitative estimate of drug-likeness (QED) is 0.543. The zero-order valence-corrected chi connectivity index (χ0v) is 9.70. The average molecular weight is 201 g/mol. The summed E-state index contributed by atoms with van der Waals surface area (Å²) >= 11 is 0. The highest BCUT2D eigenvalue weighted by molar-refractivity contribution is 5.08. The SMILES string of the molecule is CNC1(N([O-])OC(C)C)CC1C(C)C. The van der Waals surface area contributed by atoms with E-state index in [1.165, 1.54) is 0 Å². The Kier molecular flexibility index (Phi) is 3.53. The lowest BCUT2D eigenvalue weighted by Crippen LogP contribution is -2.46. The van der Waals surface area contributed by atoms with Crippen molar-refractivity contribution in [3.63, 3.8) is 0 Å². The fourth-order valence-electron chi connectivity index (χ4n) is 1.94. The topological polar surface area (TPSA) is 47.6 Å². The van der Waals surface area contributed by atoms with Crippen LogP contribution in [0.2, 0.25) is 0 Å². The van der Waals surface area contributed by atoms with Crippen molar-refractivity contribution in [1.82, 2.24) is 10.5 Å². The highest BCUT2D eigenvalue weighted by Crippen LogP contribution is 2.50. The number of hydroxylamine groups is 2. The number of hydrogen-bond acceptors (Lipinski definition) is 4. The molecule has 4 nitrogen and oxygen atoms in total. The lowest BCUT2D eigenvalue weighted by Gasteiger charge is -2.38. The van der Waals surface area contributed by atoms with Crippen molar-refractivity contribution in [2.45, 2.75) is 45.9 Å². The van der Waals surface area contributed by atoms with E-state index in [4.69, 9.17) is 4.84 Å². The molecule has 1 N–H and O–H groups in total. The van der Waals surface area contributed by atoms with Gasteiger partial charge in [0.25, 0.3) is 0 Å². The van der Waals surface area contributed by atoms with Gasteiger partial charge >= 0.3 is 0 Å². The van der Waals surface area contributed by atoms with Crippen LogP contribution in [0.5, 0.6) is 0 Å². The zero-order chi connectivity index (χ0) is 10.9. The molecule has 2 unspecified atom stereocenters. The van der Waals surface area contributed by atoms with Crippen LogP contribution in [-0.2, 0) is 4.84 Å². The third-order valence-electron chi connectivity index (χ3n) is 2.85. The fraction of sp³-hybridized carbons (Fsp3) is 1.00. The molecule has 1 aliphatic carbocycles. The Morgan fingerprint density at radius 1 is 1.43 bits per heavy atom. The van der Waals surface area contributed by atoms with Crippen LogP contribution >= 0.6 is 0 Å². The summed E-state index contributed by atoms with van der Waals surface area (Å²) in [4.78, 5) is 5.16. The van der Waals surface area contributed by atoms with Crippen LogP contribution in [0.15, 0.2) is 0 Å². The summed E-state index contributed by atoms with van der Waals surface area (Å²) in [7, 11) is 1.82. The van der Waals surface area contributed by atoms with Gasteiger partial charge < -0.3 is 15.4 Å². The molecule has 14 heavy (non-hydrogen) atoms. The second kappa shape index (κ2) is 4.14. The van der Waals surface area contributed by atoms with E-state index in [1.807, 2.05) is 20.9 Å². The van der Waals surface area contributed by atoms with Gasteiger partial charge in [0.2, 0.25) is 0 Å². The van der Waals surface area contributed by atoms with Gasteiger partial charge in [0, 0.05) is 0 Å². The summed E-state index contributed by atoms with van der Waals surface area (Å²) in [5.74, 6) is 0.901. The Morgan fingerprint density at radius 2 is 2.00 bits per heavy atom. The normalized spacial score (nSPS) is 31.9. The van der Waals surface area contributed by atoms with Gasteiger partial charge in [-0.15, -0.1) is 0 Å². The Balaban J connectivity index is 2.56. The van der Waals surface area contributed by atoms with Crippen molar-refractivity contribution < 1.29 is 4.84 Å². The van der Waals surface area contributed by atoms with Crippen molar-refractivity contribution in [1.29, 1.82) is 0 Å². The van der Waals surface area contributed by atoms with Crippen molar-refractivity contribution in [3.8, 4) is 0 Å². The third-order valence-corrected chi connectivity index (χ3v) is 2.85. The van der Waals surface area contributed by atoms with Crippen molar-refractivity contribution in [2.24, 2.45) is 11.8 Å². The van der Waals surface area contributed by atoms with Crippen molar-refractivity contribution in [3.05, 3.63) is 5.21 Å². The van der Waals surface area contributed by atoms with Gasteiger partial charge in [-0.1, -0.05) is 13.8 Å². The van der Waals surface area contributed by atoms with Crippen molar-refractivity contribution >= 4 is 0 Å². The number of nitrogens with zero attached hydrogens (tertiary/aromatic N) is 1. The van der Waals surface area contributed by atoms with Gasteiger partial charge in [0.05, 0.1) is 11.8 Å². The fourth-order valence-corrected chi connectivity index (χ4v) is 1.94. The Hall–Kier alpha value is -0.160. The molecule has 0 aromatic rings. The first-order chi connectivity index (χ1) is 6.44. The van der Waals surface area contributed by atoms with Crippen molar-refractivity contribution in [2.75, 3.05) is 7.05 Å². The first kappa shape index (κ1) is 11.9. The third kappa shape index (κ3) is 2.08. The molecule has 84 valence electrons. The Bertz CT molecular complexity index is 197. The minimum atomic E-state index is -0.474. The molecule has 1 fully saturated rings. The summed E-state index contributed by atoms with van der Waals surface area (Å²) in [6.07, 6.45) is 0.809. The molecule has 2 atom stereocenters. The van der Waals surface area contributed by atoms with Gasteiger partial charge in [-0.25, -0.2) is 5.23 Å². The van der Waals surface area contributed by atoms with Crippen LogP contribution in [0.1, 0.15) is 34.1 Å². The number of hydrogen-bond donors (Lipinski definition) is 1. The highest BCUT2D eigenvalue weighted by atomic mass is 16.9. The lowest BCUT2D eigenvalue weighted by atomic mass is 10.1. The summed E-state index contributed by atoms with van der Waals surface area (Å²) in [5, 5.41) is 15.5. The Labute approximate surface area is 86.1 Å². The molecule has 4 heteroatoms. The maximum absolute atomic E-state index is 11.7. The maximum Gasteiger partial charge on any atom is 0.0856 e. The number of nitrogens with one attached hydrogen (secondary N) is 1. The summed E-state index contributed by atoms with van der Waals surface area (Å²) < 4.78 is 0. The second-order valence-corrected chi connectivity index (χ2v) is 4.64. The maximum atomic E-state index is 11.7. The molecule has 0 amide bonds. The summed E-state index contributed by atoms with van der Waals surface area (Å²) in [5.41, 5.74) is -0.474. The zero-order valence-electron chi connectivity index (χ0n) is 9.70. The smallest absolute Gasteiger partial charge is 0.0856 e. The minimum Gasteiger partial charge on any atom is -0.761 e. The van der Waals surface area contributed by atoms with Crippen LogP contribution in [0.4, 0.5) is 0 Å². The first-order valence-electron chi connectivity index (χ1n) is 5.27. The molecule has 0 saturated heterocycles. The Morgan fingerprint density at radius 3 is 2.29 bits per heavy atom. The van der Waals surface area contributed by atoms with Gasteiger partial charge in [-0.05, 0) is 39.2 Å². The first-order valence-corrected chi connectivity index (χ1v) is 5.27. The minimum absolute atomic E-state index is 0.0638. The van der Waals surface area contributed by atoms with Gasteiger partial charge in [0.15, 0.2) is 0 Å². The molecule has 0 aromatic carbocycles. The van der Waals surface area contributed by atoms with Crippen LogP contribution in [0, 0.1) is 17.0 Å². The monoisotopic (exact) mass is 201 g/mol. The molecule has 0 bridgehead atoms. The van der Waals surface area contributed by atoms with Crippen LogP contribution in [0.3, 0.4) is 0 Å². The van der Waals surface area contributed by atoms with E-state index in [0.717, 1.165) is 11.6 Å². The molecule has 0 heterocycles. The van der Waals surface area contributed by atoms with Gasteiger partial charge in [0.1, 0.15) is 0 Å². The summed E-state index contributed by atoms with van der Waals surface area (Å²) in [6, 6.07) is 0. The molecule has 0 spiro atoms.